The quantitative estimate of drug-likeness (QED) is 0.189. The summed E-state index contributed by atoms with van der Waals surface area (Å²) in [5, 5.41) is 5.46. The third-order valence-electron chi connectivity index (χ3n) is 9.68. The summed E-state index contributed by atoms with van der Waals surface area (Å²) < 4.78 is 54.1. The first-order valence-corrected chi connectivity index (χ1v) is 16.6. The lowest BCUT2D eigenvalue weighted by Gasteiger charge is -2.13. The summed E-state index contributed by atoms with van der Waals surface area (Å²) in [4.78, 5) is 15.5. The molecule has 0 saturated carbocycles. The van der Waals surface area contributed by atoms with Gasteiger partial charge in [-0.2, -0.15) is 9.97 Å². The second-order valence-corrected chi connectivity index (χ2v) is 12.5. The summed E-state index contributed by atoms with van der Waals surface area (Å²) in [6.07, 6.45) is 0. The molecule has 238 valence electrons. The Labute approximate surface area is 298 Å². The molecule has 0 atom stereocenters. The van der Waals surface area contributed by atoms with Gasteiger partial charge in [-0.05, 0) is 36.4 Å². The van der Waals surface area contributed by atoms with Gasteiger partial charge in [0.25, 0.3) is 0 Å². The van der Waals surface area contributed by atoms with Crippen LogP contribution in [0.15, 0.2) is 168 Å². The topological polar surface area (TPSA) is 61.7 Å². The normalized spacial score (nSPS) is 13.3. The van der Waals surface area contributed by atoms with Gasteiger partial charge in [0, 0.05) is 43.6 Å². The summed E-state index contributed by atoms with van der Waals surface area (Å²) in [6.45, 7) is 0. The van der Waals surface area contributed by atoms with Crippen molar-refractivity contribution in [1.82, 2.24) is 24.1 Å². The molecule has 0 aliphatic heterocycles. The molecular formula is C45H27N5O. The van der Waals surface area contributed by atoms with Crippen LogP contribution in [-0.2, 0) is 0 Å². The Hall–Kier alpha value is -7.05. The van der Waals surface area contributed by atoms with Crippen LogP contribution in [0.3, 0.4) is 0 Å². The summed E-state index contributed by atoms with van der Waals surface area (Å²) in [6, 6.07) is 41.7. The van der Waals surface area contributed by atoms with E-state index < -0.39 is 18.1 Å². The molecule has 0 unspecified atom stereocenters. The fourth-order valence-corrected chi connectivity index (χ4v) is 7.52. The number of hydrogen-bond donors (Lipinski definition) is 0. The number of fused-ring (bicyclic) bond motifs is 10. The van der Waals surface area contributed by atoms with Gasteiger partial charge in [0.15, 0.2) is 11.6 Å². The zero-order valence-corrected chi connectivity index (χ0v) is 26.8. The maximum absolute atomic E-state index is 9.11. The molecule has 0 radical (unpaired) electrons. The summed E-state index contributed by atoms with van der Waals surface area (Å²) in [5.41, 5.74) is 5.88. The Bertz CT molecular complexity index is 3410. The fourth-order valence-electron chi connectivity index (χ4n) is 7.52. The van der Waals surface area contributed by atoms with Gasteiger partial charge in [0.2, 0.25) is 5.95 Å². The molecule has 6 nitrogen and oxygen atoms in total. The number of rotatable bonds is 4. The number of furan rings is 1. The van der Waals surface area contributed by atoms with Crippen LogP contribution in [0.25, 0.3) is 100.0 Å². The Balaban J connectivity index is 1.32. The SMILES string of the molecule is [2H]c1c([2H])c([2H])c(-n2c3ccccc3c3ccc4c5ccccc5n(-c5nc(-c6ccccc6)nc(-c6cccc7c6oc6ccccc67)n5)c4c32)c([2H])c1[2H]. The van der Waals surface area contributed by atoms with Crippen molar-refractivity contribution >= 4 is 65.6 Å². The Morgan fingerprint density at radius 3 is 1.84 bits per heavy atom. The van der Waals surface area contributed by atoms with Crippen molar-refractivity contribution in [3.05, 3.63) is 164 Å². The third kappa shape index (κ3) is 4.07. The van der Waals surface area contributed by atoms with Gasteiger partial charge in [-0.25, -0.2) is 4.98 Å². The molecule has 11 aromatic rings. The van der Waals surface area contributed by atoms with E-state index in [1.54, 1.807) is 4.57 Å². The molecular weight excluding hydrogens is 627 g/mol. The molecule has 6 heteroatoms. The van der Waals surface area contributed by atoms with Crippen molar-refractivity contribution < 1.29 is 11.3 Å². The number of aromatic nitrogens is 5. The van der Waals surface area contributed by atoms with Gasteiger partial charge in [0.1, 0.15) is 11.2 Å². The van der Waals surface area contributed by atoms with E-state index in [-0.39, 0.29) is 17.8 Å². The first kappa shape index (κ1) is 23.3. The van der Waals surface area contributed by atoms with E-state index >= 15 is 0 Å². The molecule has 0 aliphatic carbocycles. The van der Waals surface area contributed by atoms with Crippen LogP contribution in [0.5, 0.6) is 0 Å². The van der Waals surface area contributed by atoms with E-state index in [9.17, 15) is 0 Å². The summed E-state index contributed by atoms with van der Waals surface area (Å²) >= 11 is 0. The van der Waals surface area contributed by atoms with E-state index in [0.717, 1.165) is 49.0 Å². The molecule has 51 heavy (non-hydrogen) atoms. The molecule has 0 aliphatic rings. The summed E-state index contributed by atoms with van der Waals surface area (Å²) in [7, 11) is 0. The largest absolute Gasteiger partial charge is 0.455 e. The van der Waals surface area contributed by atoms with Crippen LogP contribution in [-0.4, -0.2) is 24.1 Å². The minimum Gasteiger partial charge on any atom is -0.455 e. The van der Waals surface area contributed by atoms with Crippen molar-refractivity contribution in [3.8, 4) is 34.4 Å². The van der Waals surface area contributed by atoms with E-state index in [4.69, 9.17) is 26.2 Å². The molecule has 0 spiro atoms. The maximum atomic E-state index is 9.11. The Morgan fingerprint density at radius 2 is 1.08 bits per heavy atom. The monoisotopic (exact) mass is 658 g/mol. The van der Waals surface area contributed by atoms with Gasteiger partial charge in [-0.1, -0.05) is 127 Å². The van der Waals surface area contributed by atoms with E-state index in [1.807, 2.05) is 132 Å². The Kier molecular flexibility index (Phi) is 4.91. The average molecular weight is 659 g/mol. The maximum Gasteiger partial charge on any atom is 0.238 e. The highest BCUT2D eigenvalue weighted by Gasteiger charge is 2.24. The van der Waals surface area contributed by atoms with Gasteiger partial charge in [-0.15, -0.1) is 0 Å². The number of benzene rings is 7. The molecule has 7 aromatic carbocycles. The standard InChI is InChI=1S/C45H27N5O/c1-3-14-28(15-4-1)43-46-44(36-22-13-21-35-32-20-9-12-25-39(32)51-42(35)36)48-45(47-43)50-38-24-11-8-19-31(38)34-27-26-33-30-18-7-10-23-37(30)49(40(33)41(34)50)29-16-5-2-6-17-29/h1-27H/i2D,5D,6D,16D,17D. The highest BCUT2D eigenvalue weighted by Crippen LogP contribution is 2.42. The average Bonchev–Trinajstić information content (AvgIpc) is 3.90. The second-order valence-electron chi connectivity index (χ2n) is 12.5. The lowest BCUT2D eigenvalue weighted by molar-refractivity contribution is 0.669. The van der Waals surface area contributed by atoms with Crippen molar-refractivity contribution in [2.75, 3.05) is 0 Å². The van der Waals surface area contributed by atoms with E-state index in [2.05, 4.69) is 6.07 Å². The molecule has 0 bridgehead atoms. The van der Waals surface area contributed by atoms with Crippen LogP contribution >= 0.6 is 0 Å². The van der Waals surface area contributed by atoms with Crippen LogP contribution < -0.4 is 0 Å². The summed E-state index contributed by atoms with van der Waals surface area (Å²) in [5.74, 6) is 1.23. The minimum absolute atomic E-state index is 0.0596. The smallest absolute Gasteiger partial charge is 0.238 e. The van der Waals surface area contributed by atoms with Gasteiger partial charge in [-0.3, -0.25) is 4.57 Å². The number of para-hydroxylation sites is 5. The first-order chi connectivity index (χ1) is 27.4. The van der Waals surface area contributed by atoms with Crippen LogP contribution in [0.2, 0.25) is 0 Å². The predicted molar refractivity (Wildman–Crippen MR) is 207 cm³/mol. The minimum atomic E-state index is -0.450. The van der Waals surface area contributed by atoms with Crippen molar-refractivity contribution in [3.63, 3.8) is 0 Å². The van der Waals surface area contributed by atoms with Crippen LogP contribution in [0, 0.1) is 0 Å². The van der Waals surface area contributed by atoms with E-state index in [0.29, 0.717) is 45.3 Å². The van der Waals surface area contributed by atoms with Gasteiger partial charge < -0.3 is 8.98 Å². The highest BCUT2D eigenvalue weighted by atomic mass is 16.3. The molecule has 4 heterocycles. The third-order valence-corrected chi connectivity index (χ3v) is 9.68. The van der Waals surface area contributed by atoms with Crippen molar-refractivity contribution in [2.24, 2.45) is 0 Å². The second kappa shape index (κ2) is 10.7. The predicted octanol–water partition coefficient (Wildman–Crippen LogP) is 11.3. The lowest BCUT2D eigenvalue weighted by Crippen LogP contribution is -2.07. The van der Waals surface area contributed by atoms with Crippen LogP contribution in [0.1, 0.15) is 6.85 Å². The fraction of sp³-hybridized carbons (Fsp3) is 0. The number of hydrogen-bond acceptors (Lipinski definition) is 4. The molecule has 11 rings (SSSR count). The number of nitrogens with zero attached hydrogens (tertiary/aromatic N) is 5. The lowest BCUT2D eigenvalue weighted by atomic mass is 10.1. The molecule has 0 N–H and O–H groups in total. The van der Waals surface area contributed by atoms with E-state index in [1.165, 1.54) is 0 Å². The van der Waals surface area contributed by atoms with Gasteiger partial charge >= 0.3 is 0 Å². The zero-order chi connectivity index (χ0) is 37.8. The molecule has 0 fully saturated rings. The molecule has 0 amide bonds. The molecule has 4 aromatic heterocycles. The van der Waals surface area contributed by atoms with Crippen LogP contribution in [0.4, 0.5) is 0 Å². The van der Waals surface area contributed by atoms with Crippen molar-refractivity contribution in [1.29, 1.82) is 0 Å². The first-order valence-electron chi connectivity index (χ1n) is 19.1. The molecule has 0 saturated heterocycles. The van der Waals surface area contributed by atoms with Crippen molar-refractivity contribution in [2.45, 2.75) is 0 Å². The van der Waals surface area contributed by atoms with Gasteiger partial charge in [0.05, 0.1) is 34.5 Å². The highest BCUT2D eigenvalue weighted by molar-refractivity contribution is 6.23. The zero-order valence-electron chi connectivity index (χ0n) is 31.8. The Morgan fingerprint density at radius 1 is 0.471 bits per heavy atom.